The number of hydrogen-bond acceptors (Lipinski definition) is 2. The van der Waals surface area contributed by atoms with E-state index in [2.05, 4.69) is 32.6 Å². The second-order valence-electron chi connectivity index (χ2n) is 5.24. The molecule has 0 unspecified atom stereocenters. The monoisotopic (exact) mass is 219 g/mol. The van der Waals surface area contributed by atoms with Gasteiger partial charge in [0.05, 0.1) is 0 Å². The summed E-state index contributed by atoms with van der Waals surface area (Å²) in [5.41, 5.74) is 0.189. The van der Waals surface area contributed by atoms with Crippen LogP contribution in [0.1, 0.15) is 41.0 Å². The fourth-order valence-electron chi connectivity index (χ4n) is 2.11. The van der Waals surface area contributed by atoms with E-state index in [0.29, 0.717) is 11.8 Å². The van der Waals surface area contributed by atoms with Gasteiger partial charge in [-0.25, -0.2) is 0 Å². The predicted octanol–water partition coefficient (Wildman–Crippen LogP) is 2.51. The molecule has 1 saturated heterocycles. The summed E-state index contributed by atoms with van der Waals surface area (Å²) in [6.45, 7) is 11.7. The number of nitrogens with zero attached hydrogens (tertiary/aromatic N) is 1. The lowest BCUT2D eigenvalue weighted by molar-refractivity contribution is -0.129. The summed E-state index contributed by atoms with van der Waals surface area (Å²) in [4.78, 5) is 13.9. The lowest BCUT2D eigenvalue weighted by atomic mass is 9.89. The third-order valence-corrected chi connectivity index (χ3v) is 2.91. The highest BCUT2D eigenvalue weighted by molar-refractivity contribution is 5.85. The summed E-state index contributed by atoms with van der Waals surface area (Å²) in [6, 6.07) is 0.406. The van der Waals surface area contributed by atoms with E-state index in [1.165, 1.54) is 0 Å². The Bertz CT molecular complexity index is 210. The first-order valence-corrected chi connectivity index (χ1v) is 5.12. The summed E-state index contributed by atoms with van der Waals surface area (Å²) in [6.07, 6.45) is 0.721. The van der Waals surface area contributed by atoms with Gasteiger partial charge in [0.2, 0.25) is 0 Å². The molecule has 1 fully saturated rings. The van der Waals surface area contributed by atoms with E-state index < -0.39 is 0 Å². The maximum Gasteiger partial charge on any atom is 0.138 e. The van der Waals surface area contributed by atoms with Crippen LogP contribution in [-0.2, 0) is 4.79 Å². The average molecular weight is 220 g/mol. The molecular formula is C11H22ClNO. The highest BCUT2D eigenvalue weighted by atomic mass is 35.5. The Morgan fingerprint density at radius 2 is 1.79 bits per heavy atom. The van der Waals surface area contributed by atoms with Crippen molar-refractivity contribution >= 4 is 18.2 Å². The van der Waals surface area contributed by atoms with E-state index in [-0.39, 0.29) is 23.9 Å². The Morgan fingerprint density at radius 3 is 2.21 bits per heavy atom. The first-order chi connectivity index (χ1) is 5.82. The van der Waals surface area contributed by atoms with E-state index in [1.54, 1.807) is 0 Å². The van der Waals surface area contributed by atoms with Gasteiger partial charge in [-0.1, -0.05) is 6.92 Å². The molecule has 0 bridgehead atoms. The van der Waals surface area contributed by atoms with E-state index in [9.17, 15) is 4.79 Å². The molecule has 0 saturated carbocycles. The highest BCUT2D eigenvalue weighted by Crippen LogP contribution is 2.26. The number of halogens is 1. The number of piperidine rings is 1. The van der Waals surface area contributed by atoms with Crippen molar-refractivity contribution in [3.8, 4) is 0 Å². The molecule has 0 aromatic carbocycles. The number of hydrogen-bond donors (Lipinski definition) is 0. The molecular weight excluding hydrogens is 198 g/mol. The smallest absolute Gasteiger partial charge is 0.138 e. The van der Waals surface area contributed by atoms with Crippen molar-refractivity contribution in [2.24, 2.45) is 5.92 Å². The van der Waals surface area contributed by atoms with Crippen LogP contribution in [0.15, 0.2) is 0 Å². The van der Waals surface area contributed by atoms with E-state index in [0.717, 1.165) is 13.0 Å². The molecule has 0 N–H and O–H groups in total. The molecule has 14 heavy (non-hydrogen) atoms. The zero-order valence-corrected chi connectivity index (χ0v) is 10.6. The van der Waals surface area contributed by atoms with Gasteiger partial charge in [0, 0.05) is 30.5 Å². The van der Waals surface area contributed by atoms with Gasteiger partial charge in [0.15, 0.2) is 0 Å². The second-order valence-corrected chi connectivity index (χ2v) is 5.24. The normalized spacial score (nSPS) is 29.9. The van der Waals surface area contributed by atoms with Crippen LogP contribution in [0.5, 0.6) is 0 Å². The third-order valence-electron chi connectivity index (χ3n) is 2.91. The molecule has 0 aliphatic carbocycles. The number of Topliss-reactive ketones (excluding diaryl/α,β-unsaturated/α-hetero) is 1. The molecule has 0 spiro atoms. The molecule has 2 atom stereocenters. The first-order valence-electron chi connectivity index (χ1n) is 5.12. The lowest BCUT2D eigenvalue weighted by Crippen LogP contribution is -2.54. The summed E-state index contributed by atoms with van der Waals surface area (Å²) in [7, 11) is 0. The molecule has 1 aliphatic heterocycles. The van der Waals surface area contributed by atoms with Crippen LogP contribution >= 0.6 is 12.4 Å². The molecule has 2 nitrogen and oxygen atoms in total. The van der Waals surface area contributed by atoms with Crippen molar-refractivity contribution < 1.29 is 4.79 Å². The predicted molar refractivity (Wildman–Crippen MR) is 62.0 cm³/mol. The van der Waals surface area contributed by atoms with E-state index in [4.69, 9.17) is 0 Å². The molecule has 1 aliphatic rings. The number of carbonyl (C=O) groups excluding carboxylic acids is 1. The molecule has 1 rings (SSSR count). The maximum atomic E-state index is 11.5. The van der Waals surface area contributed by atoms with E-state index in [1.807, 2.05) is 6.92 Å². The minimum Gasteiger partial charge on any atom is -0.299 e. The van der Waals surface area contributed by atoms with Crippen LogP contribution in [0.4, 0.5) is 0 Å². The van der Waals surface area contributed by atoms with Crippen molar-refractivity contribution in [1.29, 1.82) is 0 Å². The number of ketones is 1. The average Bonchev–Trinajstić information content (AvgIpc) is 1.94. The molecule has 84 valence electrons. The first kappa shape index (κ1) is 13.9. The number of carbonyl (C=O) groups is 1. The SMILES string of the molecule is C[C@@H]1CN(C(C)(C)C)[C@@H](C)CC1=O.Cl. The van der Waals surface area contributed by atoms with E-state index >= 15 is 0 Å². The van der Waals surface area contributed by atoms with Gasteiger partial charge >= 0.3 is 0 Å². The van der Waals surface area contributed by atoms with Gasteiger partial charge in [-0.2, -0.15) is 0 Å². The van der Waals surface area contributed by atoms with Crippen molar-refractivity contribution in [2.45, 2.75) is 52.6 Å². The van der Waals surface area contributed by atoms with Gasteiger partial charge in [0.25, 0.3) is 0 Å². The number of rotatable bonds is 0. The topological polar surface area (TPSA) is 20.3 Å². The fraction of sp³-hybridized carbons (Fsp3) is 0.909. The van der Waals surface area contributed by atoms with Crippen LogP contribution in [0.2, 0.25) is 0 Å². The van der Waals surface area contributed by atoms with Crippen LogP contribution in [0.25, 0.3) is 0 Å². The zero-order valence-electron chi connectivity index (χ0n) is 9.83. The van der Waals surface area contributed by atoms with Gasteiger partial charge < -0.3 is 0 Å². The Labute approximate surface area is 93.5 Å². The molecule has 0 aromatic heterocycles. The third kappa shape index (κ3) is 2.96. The Morgan fingerprint density at radius 1 is 1.29 bits per heavy atom. The minimum absolute atomic E-state index is 0. The van der Waals surface area contributed by atoms with Gasteiger partial charge in [-0.3, -0.25) is 9.69 Å². The summed E-state index contributed by atoms with van der Waals surface area (Å²) in [5, 5.41) is 0. The minimum atomic E-state index is 0. The fourth-order valence-corrected chi connectivity index (χ4v) is 2.11. The second kappa shape index (κ2) is 4.63. The number of likely N-dealkylation sites (tertiary alicyclic amines) is 1. The maximum absolute atomic E-state index is 11.5. The summed E-state index contributed by atoms with van der Waals surface area (Å²) >= 11 is 0. The summed E-state index contributed by atoms with van der Waals surface area (Å²) < 4.78 is 0. The summed E-state index contributed by atoms with van der Waals surface area (Å²) in [5.74, 6) is 0.642. The van der Waals surface area contributed by atoms with Crippen LogP contribution in [-0.4, -0.2) is 28.8 Å². The molecule has 0 amide bonds. The molecule has 0 aromatic rings. The van der Waals surface area contributed by atoms with Crippen molar-refractivity contribution in [2.75, 3.05) is 6.54 Å². The highest BCUT2D eigenvalue weighted by Gasteiger charge is 2.34. The van der Waals surface area contributed by atoms with Gasteiger partial charge in [-0.05, 0) is 27.7 Å². The van der Waals surface area contributed by atoms with Gasteiger partial charge in [-0.15, -0.1) is 12.4 Å². The zero-order chi connectivity index (χ0) is 10.2. The Kier molecular flexibility index (Phi) is 4.60. The standard InChI is InChI=1S/C11H21NO.ClH/c1-8-7-12(11(3,4)5)9(2)6-10(8)13;/h8-9H,6-7H2,1-5H3;1H/t8-,9+;/m1./s1. The Balaban J connectivity index is 0.00000169. The quantitative estimate of drug-likeness (QED) is 0.624. The lowest BCUT2D eigenvalue weighted by Gasteiger charge is -2.44. The Hall–Kier alpha value is -0.0800. The molecule has 0 radical (unpaired) electrons. The van der Waals surface area contributed by atoms with Crippen LogP contribution in [0.3, 0.4) is 0 Å². The largest absolute Gasteiger partial charge is 0.299 e. The molecule has 3 heteroatoms. The van der Waals surface area contributed by atoms with Crippen molar-refractivity contribution in [1.82, 2.24) is 4.90 Å². The van der Waals surface area contributed by atoms with Crippen molar-refractivity contribution in [3.63, 3.8) is 0 Å². The van der Waals surface area contributed by atoms with Crippen molar-refractivity contribution in [3.05, 3.63) is 0 Å². The molecule has 1 heterocycles. The van der Waals surface area contributed by atoms with Crippen LogP contribution < -0.4 is 0 Å². The van der Waals surface area contributed by atoms with Crippen LogP contribution in [0, 0.1) is 5.92 Å². The van der Waals surface area contributed by atoms with Gasteiger partial charge in [0.1, 0.15) is 5.78 Å².